The molecular formula is C17H14Cl2N2O4. The maximum Gasteiger partial charge on any atom is 0.337 e. The van der Waals surface area contributed by atoms with Gasteiger partial charge in [0.05, 0.1) is 27.8 Å². The molecule has 6 nitrogen and oxygen atoms in total. The van der Waals surface area contributed by atoms with Gasteiger partial charge in [0.15, 0.2) is 5.78 Å². The van der Waals surface area contributed by atoms with Gasteiger partial charge in [-0.25, -0.2) is 4.79 Å². The van der Waals surface area contributed by atoms with Gasteiger partial charge in [-0.1, -0.05) is 35.3 Å². The van der Waals surface area contributed by atoms with Gasteiger partial charge in [-0.2, -0.15) is 0 Å². The van der Waals surface area contributed by atoms with Crippen LogP contribution >= 0.6 is 23.2 Å². The van der Waals surface area contributed by atoms with Gasteiger partial charge in [0, 0.05) is 11.3 Å². The first-order valence-electron chi connectivity index (χ1n) is 7.15. The van der Waals surface area contributed by atoms with Gasteiger partial charge < -0.3 is 15.7 Å². The van der Waals surface area contributed by atoms with Gasteiger partial charge in [0.25, 0.3) is 0 Å². The number of carbonyl (C=O) groups is 3. The van der Waals surface area contributed by atoms with Crippen LogP contribution in [0.2, 0.25) is 10.0 Å². The number of ketones is 1. The van der Waals surface area contributed by atoms with Crippen LogP contribution in [0.5, 0.6) is 0 Å². The second-order valence-electron chi connectivity index (χ2n) is 5.12. The number of amides is 1. The highest BCUT2D eigenvalue weighted by atomic mass is 35.5. The SMILES string of the molecule is CC(=O)c1cc(Cl)c(Cl)cc1NCC(=O)Nc1ccccc1C(=O)O. The van der Waals surface area contributed by atoms with E-state index in [9.17, 15) is 14.4 Å². The van der Waals surface area contributed by atoms with E-state index in [1.54, 1.807) is 12.1 Å². The zero-order valence-corrected chi connectivity index (χ0v) is 14.6. The van der Waals surface area contributed by atoms with Crippen LogP contribution in [-0.2, 0) is 4.79 Å². The van der Waals surface area contributed by atoms with Crippen LogP contribution in [0.3, 0.4) is 0 Å². The second kappa shape index (κ2) is 8.00. The van der Waals surface area contributed by atoms with Gasteiger partial charge in [-0.3, -0.25) is 9.59 Å². The third-order valence-corrected chi connectivity index (χ3v) is 4.03. The van der Waals surface area contributed by atoms with E-state index in [0.717, 1.165) is 0 Å². The molecule has 2 rings (SSSR count). The van der Waals surface area contributed by atoms with E-state index in [-0.39, 0.29) is 33.6 Å². The number of benzene rings is 2. The minimum absolute atomic E-state index is 0.0187. The summed E-state index contributed by atoms with van der Waals surface area (Å²) >= 11 is 11.8. The summed E-state index contributed by atoms with van der Waals surface area (Å²) in [5, 5.41) is 14.9. The molecule has 0 aliphatic heterocycles. The summed E-state index contributed by atoms with van der Waals surface area (Å²) in [6.45, 7) is 1.18. The molecule has 0 spiro atoms. The summed E-state index contributed by atoms with van der Waals surface area (Å²) in [4.78, 5) is 34.9. The lowest BCUT2D eigenvalue weighted by Gasteiger charge is -2.13. The molecule has 0 radical (unpaired) electrons. The predicted molar refractivity (Wildman–Crippen MR) is 97.0 cm³/mol. The van der Waals surface area contributed by atoms with Gasteiger partial charge in [0.1, 0.15) is 0 Å². The fourth-order valence-corrected chi connectivity index (χ4v) is 2.46. The Morgan fingerprint density at radius 3 is 2.28 bits per heavy atom. The molecule has 25 heavy (non-hydrogen) atoms. The van der Waals surface area contributed by atoms with Crippen LogP contribution in [0.1, 0.15) is 27.6 Å². The van der Waals surface area contributed by atoms with Crippen molar-refractivity contribution in [1.82, 2.24) is 0 Å². The Labute approximate surface area is 153 Å². The lowest BCUT2D eigenvalue weighted by molar-refractivity contribution is -0.114. The van der Waals surface area contributed by atoms with Crippen LogP contribution in [0.25, 0.3) is 0 Å². The van der Waals surface area contributed by atoms with Crippen LogP contribution in [0, 0.1) is 0 Å². The highest BCUT2D eigenvalue weighted by Crippen LogP contribution is 2.29. The molecule has 0 aliphatic rings. The molecule has 8 heteroatoms. The molecule has 1 amide bonds. The fourth-order valence-electron chi connectivity index (χ4n) is 2.13. The van der Waals surface area contributed by atoms with Gasteiger partial charge >= 0.3 is 5.97 Å². The van der Waals surface area contributed by atoms with Gasteiger partial charge in [-0.15, -0.1) is 0 Å². The van der Waals surface area contributed by atoms with Crippen molar-refractivity contribution in [2.45, 2.75) is 6.92 Å². The average molecular weight is 381 g/mol. The molecule has 0 bridgehead atoms. The Bertz CT molecular complexity index is 853. The van der Waals surface area contributed by atoms with Crippen molar-refractivity contribution in [2.75, 3.05) is 17.2 Å². The van der Waals surface area contributed by atoms with Crippen molar-refractivity contribution >= 4 is 52.2 Å². The Kier molecular flexibility index (Phi) is 6.01. The number of nitrogens with one attached hydrogen (secondary N) is 2. The standard InChI is InChI=1S/C17H14Cl2N2O4/c1-9(22)11-6-12(18)13(19)7-15(11)20-8-16(23)21-14-5-3-2-4-10(14)17(24)25/h2-7,20H,8H2,1H3,(H,21,23)(H,24,25). The summed E-state index contributed by atoms with van der Waals surface area (Å²) < 4.78 is 0. The Morgan fingerprint density at radius 1 is 1.00 bits per heavy atom. The number of anilines is 2. The predicted octanol–water partition coefficient (Wildman–Crippen LogP) is 3.94. The van der Waals surface area contributed by atoms with E-state index in [0.29, 0.717) is 11.3 Å². The number of carbonyl (C=O) groups excluding carboxylic acids is 2. The van der Waals surface area contributed by atoms with Crippen molar-refractivity contribution in [1.29, 1.82) is 0 Å². The van der Waals surface area contributed by atoms with Crippen LogP contribution in [0.15, 0.2) is 36.4 Å². The van der Waals surface area contributed by atoms with Crippen molar-refractivity contribution in [3.05, 3.63) is 57.6 Å². The normalized spacial score (nSPS) is 10.2. The van der Waals surface area contributed by atoms with Gasteiger partial charge in [0.2, 0.25) is 5.91 Å². The summed E-state index contributed by atoms with van der Waals surface area (Å²) in [5.74, 6) is -1.86. The minimum Gasteiger partial charge on any atom is -0.478 e. The minimum atomic E-state index is -1.15. The van der Waals surface area contributed by atoms with Crippen molar-refractivity contribution in [3.8, 4) is 0 Å². The summed E-state index contributed by atoms with van der Waals surface area (Å²) in [5.41, 5.74) is 0.828. The zero-order chi connectivity index (χ0) is 18.6. The summed E-state index contributed by atoms with van der Waals surface area (Å²) in [6, 6.07) is 8.93. The zero-order valence-electron chi connectivity index (χ0n) is 13.1. The van der Waals surface area contributed by atoms with E-state index in [1.165, 1.54) is 31.2 Å². The molecule has 2 aromatic rings. The number of carboxylic acids is 1. The monoisotopic (exact) mass is 380 g/mol. The number of halogens is 2. The van der Waals surface area contributed by atoms with E-state index in [1.807, 2.05) is 0 Å². The van der Waals surface area contributed by atoms with E-state index in [4.69, 9.17) is 28.3 Å². The van der Waals surface area contributed by atoms with Crippen LogP contribution in [0.4, 0.5) is 11.4 Å². The van der Waals surface area contributed by atoms with E-state index in [2.05, 4.69) is 10.6 Å². The molecular weight excluding hydrogens is 367 g/mol. The molecule has 0 aromatic heterocycles. The summed E-state index contributed by atoms with van der Waals surface area (Å²) in [6.07, 6.45) is 0. The Hall–Kier alpha value is -2.57. The largest absolute Gasteiger partial charge is 0.478 e. The molecule has 3 N–H and O–H groups in total. The molecule has 0 saturated heterocycles. The smallest absolute Gasteiger partial charge is 0.337 e. The van der Waals surface area contributed by atoms with Crippen LogP contribution < -0.4 is 10.6 Å². The summed E-state index contributed by atoms with van der Waals surface area (Å²) in [7, 11) is 0. The van der Waals surface area contributed by atoms with Gasteiger partial charge in [-0.05, 0) is 31.2 Å². The number of Topliss-reactive ketones (excluding diaryl/α,β-unsaturated/α-hetero) is 1. The molecule has 0 aliphatic carbocycles. The van der Waals surface area contributed by atoms with E-state index < -0.39 is 11.9 Å². The highest BCUT2D eigenvalue weighted by Gasteiger charge is 2.14. The number of hydrogen-bond donors (Lipinski definition) is 3. The first-order chi connectivity index (χ1) is 11.8. The maximum atomic E-state index is 12.1. The number of hydrogen-bond acceptors (Lipinski definition) is 4. The molecule has 130 valence electrons. The maximum absolute atomic E-state index is 12.1. The first-order valence-corrected chi connectivity index (χ1v) is 7.91. The lowest BCUT2D eigenvalue weighted by Crippen LogP contribution is -2.23. The van der Waals surface area contributed by atoms with E-state index >= 15 is 0 Å². The number of carboxylic acid groups (broad SMARTS) is 1. The molecule has 2 aromatic carbocycles. The second-order valence-corrected chi connectivity index (χ2v) is 5.93. The molecule has 0 atom stereocenters. The molecule has 0 saturated carbocycles. The van der Waals surface area contributed by atoms with Crippen LogP contribution in [-0.4, -0.2) is 29.3 Å². The van der Waals surface area contributed by atoms with Crippen molar-refractivity contribution < 1.29 is 19.5 Å². The molecule has 0 fully saturated rings. The number of aromatic carboxylic acids is 1. The van der Waals surface area contributed by atoms with Crippen molar-refractivity contribution in [2.24, 2.45) is 0 Å². The number of para-hydroxylation sites is 1. The third kappa shape index (κ3) is 4.71. The Balaban J connectivity index is 2.12. The third-order valence-electron chi connectivity index (χ3n) is 3.31. The highest BCUT2D eigenvalue weighted by molar-refractivity contribution is 6.42. The molecule has 0 heterocycles. The quantitative estimate of drug-likeness (QED) is 0.659. The Morgan fingerprint density at radius 2 is 1.64 bits per heavy atom. The lowest BCUT2D eigenvalue weighted by atomic mass is 10.1. The first kappa shape index (κ1) is 18.8. The topological polar surface area (TPSA) is 95.5 Å². The fraction of sp³-hybridized carbons (Fsp3) is 0.118. The van der Waals surface area contributed by atoms with Crippen molar-refractivity contribution in [3.63, 3.8) is 0 Å². The average Bonchev–Trinajstić information content (AvgIpc) is 2.55. The number of rotatable bonds is 6. The molecule has 0 unspecified atom stereocenters.